The summed E-state index contributed by atoms with van der Waals surface area (Å²) in [6.45, 7) is 2.19. The van der Waals surface area contributed by atoms with E-state index in [1.165, 1.54) is 29.7 Å². The van der Waals surface area contributed by atoms with Crippen LogP contribution in [0.3, 0.4) is 0 Å². The molecule has 0 radical (unpaired) electrons. The SMILES string of the molecule is CCCCc1ccc(NC(=O)c2csc3nc(-c4cccc(OC)c4)cn23)cc1. The smallest absolute Gasteiger partial charge is 0.273 e. The zero-order valence-corrected chi connectivity index (χ0v) is 17.3. The number of anilines is 1. The van der Waals surface area contributed by atoms with E-state index in [-0.39, 0.29) is 5.91 Å². The van der Waals surface area contributed by atoms with Crippen LogP contribution in [0.5, 0.6) is 5.75 Å². The second-order valence-electron chi connectivity index (χ2n) is 6.89. The van der Waals surface area contributed by atoms with E-state index in [9.17, 15) is 4.79 Å². The maximum absolute atomic E-state index is 12.8. The van der Waals surface area contributed by atoms with Crippen molar-refractivity contribution in [1.29, 1.82) is 0 Å². The van der Waals surface area contributed by atoms with Gasteiger partial charge in [0.15, 0.2) is 4.96 Å². The maximum atomic E-state index is 12.8. The summed E-state index contributed by atoms with van der Waals surface area (Å²) in [5.41, 5.74) is 4.42. The molecule has 0 aliphatic heterocycles. The van der Waals surface area contributed by atoms with Crippen LogP contribution in [-0.2, 0) is 6.42 Å². The van der Waals surface area contributed by atoms with Crippen molar-refractivity contribution >= 4 is 27.9 Å². The number of ether oxygens (including phenoxy) is 1. The number of carbonyl (C=O) groups is 1. The molecule has 2 heterocycles. The van der Waals surface area contributed by atoms with E-state index in [0.717, 1.165) is 34.1 Å². The number of fused-ring (bicyclic) bond motifs is 1. The van der Waals surface area contributed by atoms with Gasteiger partial charge in [-0.2, -0.15) is 0 Å². The molecule has 0 bridgehead atoms. The summed E-state index contributed by atoms with van der Waals surface area (Å²) in [6, 6.07) is 15.8. The van der Waals surface area contributed by atoms with Crippen LogP contribution in [-0.4, -0.2) is 22.4 Å². The normalized spacial score (nSPS) is 11.0. The Balaban J connectivity index is 1.54. The summed E-state index contributed by atoms with van der Waals surface area (Å²) < 4.78 is 7.13. The van der Waals surface area contributed by atoms with Gasteiger partial charge in [-0.15, -0.1) is 11.3 Å². The third-order valence-corrected chi connectivity index (χ3v) is 5.68. The summed E-state index contributed by atoms with van der Waals surface area (Å²) in [5.74, 6) is 0.631. The Morgan fingerprint density at radius 3 is 2.79 bits per heavy atom. The second kappa shape index (κ2) is 8.49. The number of hydrogen-bond acceptors (Lipinski definition) is 4. The average Bonchev–Trinajstić information content (AvgIpc) is 3.34. The van der Waals surface area contributed by atoms with Crippen LogP contribution in [0.4, 0.5) is 5.69 Å². The van der Waals surface area contributed by atoms with Crippen molar-refractivity contribution in [3.63, 3.8) is 0 Å². The molecular formula is C23H23N3O2S. The van der Waals surface area contributed by atoms with Crippen molar-refractivity contribution < 1.29 is 9.53 Å². The molecule has 0 spiro atoms. The minimum Gasteiger partial charge on any atom is -0.497 e. The largest absolute Gasteiger partial charge is 0.497 e. The topological polar surface area (TPSA) is 55.6 Å². The number of amides is 1. The van der Waals surface area contributed by atoms with Gasteiger partial charge in [-0.05, 0) is 42.7 Å². The van der Waals surface area contributed by atoms with Crippen LogP contribution < -0.4 is 10.1 Å². The van der Waals surface area contributed by atoms with E-state index in [2.05, 4.69) is 29.4 Å². The lowest BCUT2D eigenvalue weighted by atomic mass is 10.1. The van der Waals surface area contributed by atoms with Gasteiger partial charge in [0.2, 0.25) is 0 Å². The zero-order chi connectivity index (χ0) is 20.2. The Morgan fingerprint density at radius 1 is 1.21 bits per heavy atom. The summed E-state index contributed by atoms with van der Waals surface area (Å²) in [7, 11) is 1.64. The lowest BCUT2D eigenvalue weighted by Crippen LogP contribution is -2.13. The molecule has 4 rings (SSSR count). The summed E-state index contributed by atoms with van der Waals surface area (Å²) >= 11 is 1.45. The highest BCUT2D eigenvalue weighted by Crippen LogP contribution is 2.26. The lowest BCUT2D eigenvalue weighted by Gasteiger charge is -2.06. The van der Waals surface area contributed by atoms with Gasteiger partial charge in [0.05, 0.1) is 12.8 Å². The Bertz CT molecular complexity index is 1130. The fourth-order valence-electron chi connectivity index (χ4n) is 3.20. The predicted octanol–water partition coefficient (Wildman–Crippen LogP) is 5.67. The Morgan fingerprint density at radius 2 is 2.03 bits per heavy atom. The number of carbonyl (C=O) groups excluding carboxylic acids is 1. The molecular weight excluding hydrogens is 382 g/mol. The van der Waals surface area contributed by atoms with E-state index < -0.39 is 0 Å². The molecule has 0 aliphatic carbocycles. The molecule has 0 saturated heterocycles. The minimum absolute atomic E-state index is 0.146. The minimum atomic E-state index is -0.146. The van der Waals surface area contributed by atoms with Crippen molar-refractivity contribution in [2.75, 3.05) is 12.4 Å². The van der Waals surface area contributed by atoms with Gasteiger partial charge in [0.25, 0.3) is 5.91 Å². The summed E-state index contributed by atoms with van der Waals surface area (Å²) in [4.78, 5) is 18.3. The molecule has 2 aromatic carbocycles. The van der Waals surface area contributed by atoms with Gasteiger partial charge in [-0.25, -0.2) is 4.98 Å². The van der Waals surface area contributed by atoms with Crippen LogP contribution in [0.2, 0.25) is 0 Å². The molecule has 0 saturated carbocycles. The van der Waals surface area contributed by atoms with Crippen molar-refractivity contribution in [2.24, 2.45) is 0 Å². The van der Waals surface area contributed by atoms with Gasteiger partial charge >= 0.3 is 0 Å². The Hall–Kier alpha value is -3.12. The molecule has 2 aromatic heterocycles. The van der Waals surface area contributed by atoms with Gasteiger partial charge in [0.1, 0.15) is 11.4 Å². The Labute approximate surface area is 174 Å². The molecule has 0 unspecified atom stereocenters. The molecule has 148 valence electrons. The first-order valence-corrected chi connectivity index (χ1v) is 10.6. The number of aryl methyl sites for hydroxylation is 1. The van der Waals surface area contributed by atoms with Crippen molar-refractivity contribution in [1.82, 2.24) is 9.38 Å². The maximum Gasteiger partial charge on any atom is 0.273 e. The molecule has 0 atom stereocenters. The summed E-state index contributed by atoms with van der Waals surface area (Å²) in [6.07, 6.45) is 5.31. The van der Waals surface area contributed by atoms with Crippen LogP contribution in [0, 0.1) is 0 Å². The van der Waals surface area contributed by atoms with E-state index >= 15 is 0 Å². The number of rotatable bonds is 7. The number of hydrogen-bond donors (Lipinski definition) is 1. The lowest BCUT2D eigenvalue weighted by molar-refractivity contribution is 0.102. The molecule has 1 amide bonds. The second-order valence-corrected chi connectivity index (χ2v) is 7.72. The van der Waals surface area contributed by atoms with Gasteiger partial charge in [-0.3, -0.25) is 9.20 Å². The highest BCUT2D eigenvalue weighted by atomic mass is 32.1. The van der Waals surface area contributed by atoms with Crippen molar-refractivity contribution in [3.05, 3.63) is 71.4 Å². The Kier molecular flexibility index (Phi) is 5.62. The first kappa shape index (κ1) is 19.2. The van der Waals surface area contributed by atoms with Crippen LogP contribution in [0.25, 0.3) is 16.2 Å². The van der Waals surface area contributed by atoms with Gasteiger partial charge < -0.3 is 10.1 Å². The van der Waals surface area contributed by atoms with Gasteiger partial charge in [-0.1, -0.05) is 37.6 Å². The third kappa shape index (κ3) is 4.17. The first-order valence-electron chi connectivity index (χ1n) is 9.69. The van der Waals surface area contributed by atoms with Gasteiger partial charge in [0, 0.05) is 22.8 Å². The molecule has 6 heteroatoms. The first-order chi connectivity index (χ1) is 14.2. The molecule has 5 nitrogen and oxygen atoms in total. The molecule has 4 aromatic rings. The van der Waals surface area contributed by atoms with E-state index in [1.54, 1.807) is 7.11 Å². The standard InChI is InChI=1S/C23H23N3O2S/c1-3-4-6-16-9-11-18(12-10-16)24-22(27)21-15-29-23-25-20(14-26(21)23)17-7-5-8-19(13-17)28-2/h5,7-15H,3-4,6H2,1-2H3,(H,24,27). The highest BCUT2D eigenvalue weighted by molar-refractivity contribution is 7.15. The van der Waals surface area contributed by atoms with Crippen LogP contribution in [0.1, 0.15) is 35.8 Å². The number of methoxy groups -OCH3 is 1. The highest BCUT2D eigenvalue weighted by Gasteiger charge is 2.15. The fourth-order valence-corrected chi connectivity index (χ4v) is 4.05. The summed E-state index contributed by atoms with van der Waals surface area (Å²) in [5, 5.41) is 4.82. The average molecular weight is 406 g/mol. The number of imidazole rings is 1. The number of thiazole rings is 1. The fraction of sp³-hybridized carbons (Fsp3) is 0.217. The number of unbranched alkanes of at least 4 members (excludes halogenated alkanes) is 1. The number of nitrogens with one attached hydrogen (secondary N) is 1. The predicted molar refractivity (Wildman–Crippen MR) is 118 cm³/mol. The van der Waals surface area contributed by atoms with Crippen molar-refractivity contribution in [3.8, 4) is 17.0 Å². The molecule has 0 fully saturated rings. The van der Waals surface area contributed by atoms with E-state index in [1.807, 2.05) is 52.4 Å². The molecule has 1 N–H and O–H groups in total. The van der Waals surface area contributed by atoms with Crippen molar-refractivity contribution in [2.45, 2.75) is 26.2 Å². The molecule has 29 heavy (non-hydrogen) atoms. The van der Waals surface area contributed by atoms with Crippen LogP contribution in [0.15, 0.2) is 60.1 Å². The monoisotopic (exact) mass is 405 g/mol. The quantitative estimate of drug-likeness (QED) is 0.431. The number of benzene rings is 2. The van der Waals surface area contributed by atoms with E-state index in [4.69, 9.17) is 4.74 Å². The van der Waals surface area contributed by atoms with Crippen LogP contribution >= 0.6 is 11.3 Å². The van der Waals surface area contributed by atoms with E-state index in [0.29, 0.717) is 5.69 Å². The number of aromatic nitrogens is 2. The third-order valence-electron chi connectivity index (χ3n) is 4.84. The number of nitrogens with zero attached hydrogens (tertiary/aromatic N) is 2. The zero-order valence-electron chi connectivity index (χ0n) is 16.5. The molecule has 0 aliphatic rings.